The van der Waals surface area contributed by atoms with Gasteiger partial charge in [-0.3, -0.25) is 4.79 Å². The molecule has 1 aliphatic rings. The topological polar surface area (TPSA) is 73.1 Å². The summed E-state index contributed by atoms with van der Waals surface area (Å²) in [6, 6.07) is 13.7. The number of para-hydroxylation sites is 2. The number of hydrogen-bond acceptors (Lipinski definition) is 5. The van der Waals surface area contributed by atoms with Gasteiger partial charge in [-0.15, -0.1) is 0 Å². The van der Waals surface area contributed by atoms with E-state index < -0.39 is 12.0 Å². The standard InChI is InChI=1S/C20H13Cl3N2O4/c21-13-8-15(23)14(22)7-12(13)16-6-5-11(28-16)9-24-25-20(26)19-10-27-17-3-1-2-4-18(17)29-19/h1-9,19H,10H2,(H,25,26)/b24-9-. The summed E-state index contributed by atoms with van der Waals surface area (Å²) >= 11 is 18.2. The van der Waals surface area contributed by atoms with Crippen LogP contribution in [-0.2, 0) is 4.79 Å². The summed E-state index contributed by atoms with van der Waals surface area (Å²) in [5.41, 5.74) is 3.00. The lowest BCUT2D eigenvalue weighted by Crippen LogP contribution is -2.42. The maximum atomic E-state index is 12.2. The van der Waals surface area contributed by atoms with E-state index in [0.29, 0.717) is 43.7 Å². The molecule has 6 nitrogen and oxygen atoms in total. The zero-order chi connectivity index (χ0) is 20.4. The van der Waals surface area contributed by atoms with Crippen LogP contribution in [0.4, 0.5) is 0 Å². The Balaban J connectivity index is 1.40. The molecular weight excluding hydrogens is 439 g/mol. The Bertz CT molecular complexity index is 1100. The van der Waals surface area contributed by atoms with Crippen molar-refractivity contribution in [1.29, 1.82) is 0 Å². The lowest BCUT2D eigenvalue weighted by molar-refractivity contribution is -0.130. The Morgan fingerprint density at radius 3 is 2.62 bits per heavy atom. The Kier molecular flexibility index (Phi) is 5.67. The predicted molar refractivity (Wildman–Crippen MR) is 111 cm³/mol. The molecule has 148 valence electrons. The van der Waals surface area contributed by atoms with Gasteiger partial charge in [0.1, 0.15) is 18.1 Å². The minimum atomic E-state index is -0.802. The summed E-state index contributed by atoms with van der Waals surface area (Å²) in [7, 11) is 0. The number of hydrazone groups is 1. The minimum absolute atomic E-state index is 0.0963. The second-order valence-electron chi connectivity index (χ2n) is 6.05. The lowest BCUT2D eigenvalue weighted by Gasteiger charge is -2.24. The van der Waals surface area contributed by atoms with E-state index in [1.807, 2.05) is 6.07 Å². The number of ether oxygens (including phenoxy) is 2. The van der Waals surface area contributed by atoms with E-state index in [1.54, 1.807) is 42.5 Å². The van der Waals surface area contributed by atoms with Crippen molar-refractivity contribution in [2.45, 2.75) is 6.10 Å². The summed E-state index contributed by atoms with van der Waals surface area (Å²) in [5, 5.41) is 5.02. The van der Waals surface area contributed by atoms with E-state index in [4.69, 9.17) is 48.7 Å². The van der Waals surface area contributed by atoms with Crippen LogP contribution in [0.15, 0.2) is 58.0 Å². The number of fused-ring (bicyclic) bond motifs is 1. The van der Waals surface area contributed by atoms with E-state index in [1.165, 1.54) is 6.21 Å². The van der Waals surface area contributed by atoms with Crippen molar-refractivity contribution in [3.05, 3.63) is 69.4 Å². The Hall–Kier alpha value is -2.67. The number of nitrogens with one attached hydrogen (secondary N) is 1. The molecule has 3 aromatic rings. The molecule has 0 radical (unpaired) electrons. The van der Waals surface area contributed by atoms with Gasteiger partial charge >= 0.3 is 0 Å². The van der Waals surface area contributed by atoms with E-state index >= 15 is 0 Å². The second kappa shape index (κ2) is 8.37. The SMILES string of the molecule is O=C(N/N=C\c1ccc(-c2cc(Cl)c(Cl)cc2Cl)o1)C1COc2ccccc2O1. The quantitative estimate of drug-likeness (QED) is 0.336. The van der Waals surface area contributed by atoms with E-state index in [9.17, 15) is 4.79 Å². The van der Waals surface area contributed by atoms with Crippen LogP contribution in [0.1, 0.15) is 5.76 Å². The van der Waals surface area contributed by atoms with Crippen LogP contribution in [0.3, 0.4) is 0 Å². The fourth-order valence-corrected chi connectivity index (χ4v) is 3.30. The molecule has 2 heterocycles. The first kappa shape index (κ1) is 19.6. The number of furan rings is 1. The van der Waals surface area contributed by atoms with Gasteiger partial charge in [0.2, 0.25) is 6.10 Å². The normalized spacial score (nSPS) is 15.5. The fraction of sp³-hybridized carbons (Fsp3) is 0.100. The third kappa shape index (κ3) is 4.34. The number of halogens is 3. The largest absolute Gasteiger partial charge is 0.485 e. The molecule has 1 atom stereocenters. The number of benzene rings is 2. The van der Waals surface area contributed by atoms with Gasteiger partial charge in [-0.1, -0.05) is 46.9 Å². The van der Waals surface area contributed by atoms with Crippen LogP contribution in [0, 0.1) is 0 Å². The highest BCUT2D eigenvalue weighted by atomic mass is 35.5. The molecule has 0 fully saturated rings. The molecule has 0 saturated carbocycles. The van der Waals surface area contributed by atoms with Crippen molar-refractivity contribution in [2.24, 2.45) is 5.10 Å². The van der Waals surface area contributed by atoms with Crippen molar-refractivity contribution in [3.63, 3.8) is 0 Å². The van der Waals surface area contributed by atoms with Crippen LogP contribution in [0.2, 0.25) is 15.1 Å². The highest BCUT2D eigenvalue weighted by Gasteiger charge is 2.27. The van der Waals surface area contributed by atoms with Crippen molar-refractivity contribution < 1.29 is 18.7 Å². The van der Waals surface area contributed by atoms with Crippen LogP contribution in [0.5, 0.6) is 11.5 Å². The molecule has 0 saturated heterocycles. The minimum Gasteiger partial charge on any atom is -0.485 e. The maximum Gasteiger partial charge on any atom is 0.284 e. The molecule has 29 heavy (non-hydrogen) atoms. The van der Waals surface area contributed by atoms with Gasteiger partial charge in [-0.05, 0) is 36.4 Å². The molecule has 1 amide bonds. The average Bonchev–Trinajstić information content (AvgIpc) is 3.19. The van der Waals surface area contributed by atoms with Gasteiger partial charge in [-0.25, -0.2) is 5.43 Å². The van der Waals surface area contributed by atoms with Crippen molar-refractivity contribution in [3.8, 4) is 22.8 Å². The molecule has 4 rings (SSSR count). The van der Waals surface area contributed by atoms with Crippen LogP contribution < -0.4 is 14.9 Å². The van der Waals surface area contributed by atoms with Crippen molar-refractivity contribution >= 4 is 46.9 Å². The van der Waals surface area contributed by atoms with Crippen molar-refractivity contribution in [2.75, 3.05) is 6.61 Å². The number of nitrogens with zero attached hydrogens (tertiary/aromatic N) is 1. The highest BCUT2D eigenvalue weighted by Crippen LogP contribution is 2.36. The number of amides is 1. The molecule has 1 N–H and O–H groups in total. The summed E-state index contributed by atoms with van der Waals surface area (Å²) in [4.78, 5) is 12.2. The smallest absolute Gasteiger partial charge is 0.284 e. The summed E-state index contributed by atoms with van der Waals surface area (Å²) in [6.45, 7) is 0.0963. The van der Waals surface area contributed by atoms with Gasteiger partial charge in [0.25, 0.3) is 5.91 Å². The second-order valence-corrected chi connectivity index (χ2v) is 7.27. The Labute approximate surface area is 181 Å². The van der Waals surface area contributed by atoms with Gasteiger partial charge in [0, 0.05) is 5.56 Å². The molecule has 1 unspecified atom stereocenters. The zero-order valence-corrected chi connectivity index (χ0v) is 17.0. The first-order valence-corrected chi connectivity index (χ1v) is 9.61. The maximum absolute atomic E-state index is 12.2. The average molecular weight is 452 g/mol. The molecule has 1 aliphatic heterocycles. The summed E-state index contributed by atoms with van der Waals surface area (Å²) in [6.07, 6.45) is 0.564. The summed E-state index contributed by atoms with van der Waals surface area (Å²) < 4.78 is 16.8. The van der Waals surface area contributed by atoms with Crippen LogP contribution in [-0.4, -0.2) is 24.8 Å². The van der Waals surface area contributed by atoms with E-state index in [2.05, 4.69) is 10.5 Å². The number of carbonyl (C=O) groups is 1. The van der Waals surface area contributed by atoms with E-state index in [0.717, 1.165) is 0 Å². The van der Waals surface area contributed by atoms with Gasteiger partial charge < -0.3 is 13.9 Å². The predicted octanol–water partition coefficient (Wildman–Crippen LogP) is 5.20. The first-order valence-electron chi connectivity index (χ1n) is 8.47. The number of rotatable bonds is 4. The summed E-state index contributed by atoms with van der Waals surface area (Å²) in [5.74, 6) is 1.58. The van der Waals surface area contributed by atoms with Gasteiger partial charge in [0.05, 0.1) is 21.3 Å². The molecule has 9 heteroatoms. The fourth-order valence-electron chi connectivity index (χ4n) is 2.66. The van der Waals surface area contributed by atoms with Crippen LogP contribution in [0.25, 0.3) is 11.3 Å². The molecule has 0 bridgehead atoms. The number of carbonyl (C=O) groups excluding carboxylic acids is 1. The van der Waals surface area contributed by atoms with Gasteiger partial charge in [0.15, 0.2) is 11.5 Å². The highest BCUT2D eigenvalue weighted by molar-refractivity contribution is 6.44. The third-order valence-electron chi connectivity index (χ3n) is 4.07. The monoisotopic (exact) mass is 450 g/mol. The number of hydrogen-bond donors (Lipinski definition) is 1. The lowest BCUT2D eigenvalue weighted by atomic mass is 10.2. The molecule has 0 spiro atoms. The molecule has 2 aromatic carbocycles. The van der Waals surface area contributed by atoms with Crippen LogP contribution >= 0.6 is 34.8 Å². The Morgan fingerprint density at radius 1 is 1.03 bits per heavy atom. The molecule has 1 aromatic heterocycles. The third-order valence-corrected chi connectivity index (χ3v) is 5.10. The van der Waals surface area contributed by atoms with E-state index in [-0.39, 0.29) is 6.61 Å². The van der Waals surface area contributed by atoms with Crippen molar-refractivity contribution in [1.82, 2.24) is 5.43 Å². The Morgan fingerprint density at radius 2 is 1.79 bits per heavy atom. The molecular formula is C20H13Cl3N2O4. The zero-order valence-electron chi connectivity index (χ0n) is 14.7. The first-order chi connectivity index (χ1) is 14.0. The van der Waals surface area contributed by atoms with Gasteiger partial charge in [-0.2, -0.15) is 5.10 Å². The molecule has 0 aliphatic carbocycles.